The highest BCUT2D eigenvalue weighted by molar-refractivity contribution is 6.31. The fourth-order valence-electron chi connectivity index (χ4n) is 1.86. The van der Waals surface area contributed by atoms with Crippen LogP contribution >= 0.6 is 11.6 Å². The Morgan fingerprint density at radius 1 is 1.44 bits per heavy atom. The third kappa shape index (κ3) is 4.27. The van der Waals surface area contributed by atoms with E-state index >= 15 is 0 Å². The molecule has 0 atom stereocenters. The highest BCUT2D eigenvalue weighted by Gasteiger charge is 2.17. The van der Waals surface area contributed by atoms with Gasteiger partial charge in [-0.2, -0.15) is 0 Å². The summed E-state index contributed by atoms with van der Waals surface area (Å²) in [5.41, 5.74) is 0.836. The molecular formula is C13H19ClN2O2. The van der Waals surface area contributed by atoms with Crippen molar-refractivity contribution in [3.05, 3.63) is 38.9 Å². The molecule has 4 nitrogen and oxygen atoms in total. The second-order valence-corrected chi connectivity index (χ2v) is 5.43. The van der Waals surface area contributed by atoms with E-state index in [4.69, 9.17) is 11.6 Å². The summed E-state index contributed by atoms with van der Waals surface area (Å²) in [6, 6.07) is 4.52. The van der Waals surface area contributed by atoms with Crippen LogP contribution in [-0.4, -0.2) is 10.5 Å². The fourth-order valence-corrected chi connectivity index (χ4v) is 2.04. The Hall–Kier alpha value is -1.13. The number of nitrogens with zero attached hydrogens (tertiary/aromatic N) is 1. The molecule has 0 aliphatic rings. The number of rotatable bonds is 6. The summed E-state index contributed by atoms with van der Waals surface area (Å²) in [6.45, 7) is 6.89. The standard InChI is InChI=1S/C13H19ClN2O2/c1-4-7-13(2,3)15-9-10-8-11(16(17)18)5-6-12(10)14/h5-6,8,15H,4,7,9H2,1-3H3. The molecule has 1 rings (SSSR count). The van der Waals surface area contributed by atoms with Crippen LogP contribution in [0.25, 0.3) is 0 Å². The van der Waals surface area contributed by atoms with Crippen molar-refractivity contribution in [2.24, 2.45) is 0 Å². The maximum atomic E-state index is 10.7. The van der Waals surface area contributed by atoms with Crippen molar-refractivity contribution in [2.45, 2.75) is 45.7 Å². The lowest BCUT2D eigenvalue weighted by Gasteiger charge is -2.26. The van der Waals surface area contributed by atoms with E-state index in [9.17, 15) is 10.1 Å². The number of non-ortho nitro benzene ring substituents is 1. The number of halogens is 1. The molecule has 0 saturated heterocycles. The maximum absolute atomic E-state index is 10.7. The Morgan fingerprint density at radius 3 is 2.67 bits per heavy atom. The topological polar surface area (TPSA) is 55.2 Å². The van der Waals surface area contributed by atoms with E-state index < -0.39 is 4.92 Å². The van der Waals surface area contributed by atoms with Crippen LogP contribution in [0.15, 0.2) is 18.2 Å². The summed E-state index contributed by atoms with van der Waals surface area (Å²) in [7, 11) is 0. The van der Waals surface area contributed by atoms with Gasteiger partial charge in [-0.3, -0.25) is 10.1 Å². The molecule has 1 aromatic carbocycles. The number of hydrogen-bond acceptors (Lipinski definition) is 3. The van der Waals surface area contributed by atoms with Gasteiger partial charge in [0.15, 0.2) is 0 Å². The maximum Gasteiger partial charge on any atom is 0.269 e. The number of nitrogens with one attached hydrogen (secondary N) is 1. The van der Waals surface area contributed by atoms with Crippen molar-refractivity contribution in [3.63, 3.8) is 0 Å². The molecule has 5 heteroatoms. The zero-order valence-electron chi connectivity index (χ0n) is 11.0. The molecule has 0 spiro atoms. The quantitative estimate of drug-likeness (QED) is 0.630. The summed E-state index contributed by atoms with van der Waals surface area (Å²) in [5, 5.41) is 14.6. The first-order valence-electron chi connectivity index (χ1n) is 6.03. The monoisotopic (exact) mass is 270 g/mol. The molecule has 0 aliphatic carbocycles. The predicted molar refractivity (Wildman–Crippen MR) is 73.9 cm³/mol. The van der Waals surface area contributed by atoms with Gasteiger partial charge < -0.3 is 5.32 Å². The van der Waals surface area contributed by atoms with Gasteiger partial charge in [0.1, 0.15) is 0 Å². The predicted octanol–water partition coefficient (Wildman–Crippen LogP) is 3.92. The summed E-state index contributed by atoms with van der Waals surface area (Å²) in [5.74, 6) is 0. The highest BCUT2D eigenvalue weighted by Crippen LogP contribution is 2.23. The highest BCUT2D eigenvalue weighted by atomic mass is 35.5. The molecule has 0 radical (unpaired) electrons. The van der Waals surface area contributed by atoms with Crippen molar-refractivity contribution in [1.82, 2.24) is 5.32 Å². The number of benzene rings is 1. The van der Waals surface area contributed by atoms with Crippen molar-refractivity contribution in [1.29, 1.82) is 0 Å². The van der Waals surface area contributed by atoms with Gasteiger partial charge in [0.25, 0.3) is 5.69 Å². The first kappa shape index (κ1) is 14.9. The van der Waals surface area contributed by atoms with E-state index in [1.807, 2.05) is 0 Å². The molecule has 100 valence electrons. The van der Waals surface area contributed by atoms with Crippen LogP contribution in [0.5, 0.6) is 0 Å². The van der Waals surface area contributed by atoms with Gasteiger partial charge in [0.05, 0.1) is 4.92 Å². The average Bonchev–Trinajstić information content (AvgIpc) is 2.27. The van der Waals surface area contributed by atoms with Gasteiger partial charge in [-0.25, -0.2) is 0 Å². The lowest BCUT2D eigenvalue weighted by Crippen LogP contribution is -2.38. The molecule has 18 heavy (non-hydrogen) atoms. The molecule has 0 fully saturated rings. The van der Waals surface area contributed by atoms with E-state index in [1.54, 1.807) is 6.07 Å². The van der Waals surface area contributed by atoms with E-state index in [0.717, 1.165) is 18.4 Å². The van der Waals surface area contributed by atoms with Gasteiger partial charge in [-0.05, 0) is 31.9 Å². The van der Waals surface area contributed by atoms with Gasteiger partial charge in [-0.1, -0.05) is 24.9 Å². The van der Waals surface area contributed by atoms with Gasteiger partial charge in [0.2, 0.25) is 0 Å². The van der Waals surface area contributed by atoms with Crippen molar-refractivity contribution in [3.8, 4) is 0 Å². The Kier molecular flexibility index (Phi) is 5.11. The smallest absolute Gasteiger partial charge is 0.269 e. The number of nitro benzene ring substituents is 1. The van der Waals surface area contributed by atoms with Crippen LogP contribution in [0.4, 0.5) is 5.69 Å². The van der Waals surface area contributed by atoms with Crippen LogP contribution < -0.4 is 5.32 Å². The second-order valence-electron chi connectivity index (χ2n) is 5.02. The third-order valence-corrected chi connectivity index (χ3v) is 3.24. The normalized spacial score (nSPS) is 11.6. The number of nitro groups is 1. The summed E-state index contributed by atoms with van der Waals surface area (Å²) in [4.78, 5) is 10.3. The molecule has 0 bridgehead atoms. The lowest BCUT2D eigenvalue weighted by atomic mass is 9.98. The molecule has 0 amide bonds. The first-order valence-corrected chi connectivity index (χ1v) is 6.41. The Labute approximate surface area is 112 Å². The molecule has 1 aromatic rings. The van der Waals surface area contributed by atoms with Crippen molar-refractivity contribution in [2.75, 3.05) is 0 Å². The van der Waals surface area contributed by atoms with Crippen LogP contribution in [0.2, 0.25) is 5.02 Å². The molecule has 0 saturated carbocycles. The Bertz CT molecular complexity index is 433. The van der Waals surface area contributed by atoms with Crippen LogP contribution in [0.3, 0.4) is 0 Å². The molecule has 0 aromatic heterocycles. The molecule has 1 N–H and O–H groups in total. The zero-order valence-corrected chi connectivity index (χ0v) is 11.8. The number of hydrogen-bond donors (Lipinski definition) is 1. The molecular weight excluding hydrogens is 252 g/mol. The first-order chi connectivity index (χ1) is 8.35. The van der Waals surface area contributed by atoms with Gasteiger partial charge >= 0.3 is 0 Å². The summed E-state index contributed by atoms with van der Waals surface area (Å²) >= 11 is 6.04. The molecule has 0 aliphatic heterocycles. The van der Waals surface area contributed by atoms with E-state index in [1.165, 1.54) is 12.1 Å². The second kappa shape index (κ2) is 6.16. The van der Waals surface area contributed by atoms with E-state index in [2.05, 4.69) is 26.1 Å². The van der Waals surface area contributed by atoms with Crippen LogP contribution in [-0.2, 0) is 6.54 Å². The molecule has 0 unspecified atom stereocenters. The lowest BCUT2D eigenvalue weighted by molar-refractivity contribution is -0.384. The molecule has 0 heterocycles. The fraction of sp³-hybridized carbons (Fsp3) is 0.538. The van der Waals surface area contributed by atoms with Crippen LogP contribution in [0, 0.1) is 10.1 Å². The minimum atomic E-state index is -0.406. The minimum Gasteiger partial charge on any atom is -0.308 e. The zero-order chi connectivity index (χ0) is 13.8. The van der Waals surface area contributed by atoms with Crippen LogP contribution in [0.1, 0.15) is 39.2 Å². The van der Waals surface area contributed by atoms with Crippen molar-refractivity contribution >= 4 is 17.3 Å². The SMILES string of the molecule is CCCC(C)(C)NCc1cc([N+](=O)[O-])ccc1Cl. The largest absolute Gasteiger partial charge is 0.308 e. The van der Waals surface area contributed by atoms with E-state index in [-0.39, 0.29) is 11.2 Å². The average molecular weight is 271 g/mol. The Morgan fingerprint density at radius 2 is 2.11 bits per heavy atom. The summed E-state index contributed by atoms with van der Waals surface area (Å²) in [6.07, 6.45) is 2.13. The van der Waals surface area contributed by atoms with Crippen molar-refractivity contribution < 1.29 is 4.92 Å². The van der Waals surface area contributed by atoms with Gasteiger partial charge in [0, 0.05) is 29.2 Å². The Balaban J connectivity index is 2.78. The third-order valence-electron chi connectivity index (χ3n) is 2.87. The van der Waals surface area contributed by atoms with Gasteiger partial charge in [-0.15, -0.1) is 0 Å². The minimum absolute atomic E-state index is 0.00268. The summed E-state index contributed by atoms with van der Waals surface area (Å²) < 4.78 is 0. The van der Waals surface area contributed by atoms with E-state index in [0.29, 0.717) is 11.6 Å².